The average molecular weight is 297 g/mol. The molecule has 0 spiro atoms. The molecule has 1 aromatic carbocycles. The molecule has 0 bridgehead atoms. The molecular formula is C13H17BrN2O. The SMILES string of the molecule is Cc1ccc(C(=O)NCC2CCNC2)c(Br)c1. The lowest BCUT2D eigenvalue weighted by atomic mass is 10.1. The van der Waals surface area contributed by atoms with E-state index in [0.29, 0.717) is 11.5 Å². The lowest BCUT2D eigenvalue weighted by Crippen LogP contribution is -2.30. The molecule has 92 valence electrons. The highest BCUT2D eigenvalue weighted by molar-refractivity contribution is 9.10. The maximum atomic E-state index is 12.0. The van der Waals surface area contributed by atoms with Crippen LogP contribution in [0.4, 0.5) is 0 Å². The van der Waals surface area contributed by atoms with E-state index in [1.54, 1.807) is 0 Å². The monoisotopic (exact) mass is 296 g/mol. The van der Waals surface area contributed by atoms with Crippen LogP contribution in [-0.4, -0.2) is 25.5 Å². The first-order valence-corrected chi connectivity index (χ1v) is 6.71. The Morgan fingerprint density at radius 1 is 1.59 bits per heavy atom. The van der Waals surface area contributed by atoms with Gasteiger partial charge in [-0.3, -0.25) is 4.79 Å². The third-order valence-corrected chi connectivity index (χ3v) is 3.74. The summed E-state index contributed by atoms with van der Waals surface area (Å²) in [6.07, 6.45) is 1.15. The first-order chi connectivity index (χ1) is 8.16. The number of amides is 1. The zero-order chi connectivity index (χ0) is 12.3. The number of hydrogen-bond donors (Lipinski definition) is 2. The van der Waals surface area contributed by atoms with Gasteiger partial charge < -0.3 is 10.6 Å². The van der Waals surface area contributed by atoms with Crippen LogP contribution in [-0.2, 0) is 0 Å². The van der Waals surface area contributed by atoms with Crippen LogP contribution in [0.2, 0.25) is 0 Å². The Morgan fingerprint density at radius 2 is 2.41 bits per heavy atom. The minimum absolute atomic E-state index is 0.00350. The van der Waals surface area contributed by atoms with Gasteiger partial charge in [0.25, 0.3) is 5.91 Å². The second-order valence-corrected chi connectivity index (χ2v) is 5.41. The first kappa shape index (κ1) is 12.6. The van der Waals surface area contributed by atoms with E-state index >= 15 is 0 Å². The van der Waals surface area contributed by atoms with Gasteiger partial charge in [0.05, 0.1) is 5.56 Å². The topological polar surface area (TPSA) is 41.1 Å². The van der Waals surface area contributed by atoms with Crippen LogP contribution in [0.3, 0.4) is 0 Å². The Bertz CT molecular complexity index is 414. The van der Waals surface area contributed by atoms with Gasteiger partial charge in [-0.05, 0) is 66.0 Å². The number of nitrogens with one attached hydrogen (secondary N) is 2. The van der Waals surface area contributed by atoms with Crippen LogP contribution in [0, 0.1) is 12.8 Å². The minimum atomic E-state index is 0.00350. The van der Waals surface area contributed by atoms with E-state index in [1.165, 1.54) is 0 Å². The number of halogens is 1. The molecule has 1 unspecified atom stereocenters. The van der Waals surface area contributed by atoms with E-state index in [2.05, 4.69) is 26.6 Å². The fraction of sp³-hybridized carbons (Fsp3) is 0.462. The van der Waals surface area contributed by atoms with Crippen molar-refractivity contribution in [2.24, 2.45) is 5.92 Å². The van der Waals surface area contributed by atoms with Crippen molar-refractivity contribution >= 4 is 21.8 Å². The van der Waals surface area contributed by atoms with Gasteiger partial charge >= 0.3 is 0 Å². The number of hydrogen-bond acceptors (Lipinski definition) is 2. The molecule has 1 saturated heterocycles. The van der Waals surface area contributed by atoms with Gasteiger partial charge in [-0.15, -0.1) is 0 Å². The Kier molecular flexibility index (Phi) is 4.18. The zero-order valence-electron chi connectivity index (χ0n) is 9.92. The summed E-state index contributed by atoms with van der Waals surface area (Å²) in [4.78, 5) is 12.0. The van der Waals surface area contributed by atoms with Gasteiger partial charge in [0, 0.05) is 11.0 Å². The fourth-order valence-electron chi connectivity index (χ4n) is 2.03. The standard InChI is InChI=1S/C13H17BrN2O/c1-9-2-3-11(12(14)6-9)13(17)16-8-10-4-5-15-7-10/h2-3,6,10,15H,4-5,7-8H2,1H3,(H,16,17). The predicted octanol–water partition coefficient (Wildman–Crippen LogP) is 2.10. The van der Waals surface area contributed by atoms with Crippen molar-refractivity contribution in [3.8, 4) is 0 Å². The first-order valence-electron chi connectivity index (χ1n) is 5.92. The largest absolute Gasteiger partial charge is 0.352 e. The molecule has 0 aromatic heterocycles. The summed E-state index contributed by atoms with van der Waals surface area (Å²) in [7, 11) is 0. The maximum absolute atomic E-state index is 12.0. The van der Waals surface area contributed by atoms with Crippen molar-refractivity contribution in [1.82, 2.24) is 10.6 Å². The molecule has 1 atom stereocenters. The molecular weight excluding hydrogens is 280 g/mol. The van der Waals surface area contributed by atoms with Crippen molar-refractivity contribution in [3.05, 3.63) is 33.8 Å². The highest BCUT2D eigenvalue weighted by Gasteiger charge is 2.16. The molecule has 1 aliphatic heterocycles. The smallest absolute Gasteiger partial charge is 0.252 e. The summed E-state index contributed by atoms with van der Waals surface area (Å²) in [5.74, 6) is 0.576. The number of carbonyl (C=O) groups is 1. The second kappa shape index (κ2) is 5.65. The van der Waals surface area contributed by atoms with Crippen LogP contribution in [0.1, 0.15) is 22.3 Å². The van der Waals surface area contributed by atoms with Gasteiger partial charge in [0.2, 0.25) is 0 Å². The predicted molar refractivity (Wildman–Crippen MR) is 72.2 cm³/mol. The highest BCUT2D eigenvalue weighted by atomic mass is 79.9. The molecule has 2 N–H and O–H groups in total. The minimum Gasteiger partial charge on any atom is -0.352 e. The Labute approximate surface area is 110 Å². The van der Waals surface area contributed by atoms with Crippen molar-refractivity contribution in [1.29, 1.82) is 0 Å². The van der Waals surface area contributed by atoms with Crippen molar-refractivity contribution in [3.63, 3.8) is 0 Å². The Morgan fingerprint density at radius 3 is 3.06 bits per heavy atom. The molecule has 1 aromatic rings. The summed E-state index contributed by atoms with van der Waals surface area (Å²) in [5, 5.41) is 6.29. The van der Waals surface area contributed by atoms with Crippen LogP contribution in [0.25, 0.3) is 0 Å². The normalized spacial score (nSPS) is 19.3. The van der Waals surface area contributed by atoms with E-state index in [1.807, 2.05) is 25.1 Å². The van der Waals surface area contributed by atoms with Crippen LogP contribution in [0.5, 0.6) is 0 Å². The number of rotatable bonds is 3. The summed E-state index contributed by atoms with van der Waals surface area (Å²) < 4.78 is 0.861. The molecule has 1 amide bonds. The summed E-state index contributed by atoms with van der Waals surface area (Å²) in [6, 6.07) is 5.78. The zero-order valence-corrected chi connectivity index (χ0v) is 11.5. The van der Waals surface area contributed by atoms with Crippen LogP contribution < -0.4 is 10.6 Å². The summed E-state index contributed by atoms with van der Waals surface area (Å²) in [6.45, 7) is 4.84. The van der Waals surface area contributed by atoms with Gasteiger partial charge in [0.1, 0.15) is 0 Å². The summed E-state index contributed by atoms with van der Waals surface area (Å²) in [5.41, 5.74) is 1.86. The van der Waals surface area contributed by atoms with Gasteiger partial charge in [-0.25, -0.2) is 0 Å². The molecule has 17 heavy (non-hydrogen) atoms. The second-order valence-electron chi connectivity index (χ2n) is 4.55. The van der Waals surface area contributed by atoms with Crippen LogP contribution in [0.15, 0.2) is 22.7 Å². The molecule has 1 heterocycles. The van der Waals surface area contributed by atoms with Crippen molar-refractivity contribution in [2.45, 2.75) is 13.3 Å². The van der Waals surface area contributed by atoms with Gasteiger partial charge in [-0.1, -0.05) is 6.07 Å². The molecule has 4 heteroatoms. The van der Waals surface area contributed by atoms with E-state index in [9.17, 15) is 4.79 Å². The lowest BCUT2D eigenvalue weighted by molar-refractivity contribution is 0.0947. The van der Waals surface area contributed by atoms with Crippen LogP contribution >= 0.6 is 15.9 Å². The third kappa shape index (κ3) is 3.30. The molecule has 0 radical (unpaired) electrons. The maximum Gasteiger partial charge on any atom is 0.252 e. The van der Waals surface area contributed by atoms with Crippen molar-refractivity contribution in [2.75, 3.05) is 19.6 Å². The average Bonchev–Trinajstić information content (AvgIpc) is 2.78. The van der Waals surface area contributed by atoms with Gasteiger partial charge in [0.15, 0.2) is 0 Å². The molecule has 1 fully saturated rings. The van der Waals surface area contributed by atoms with E-state index < -0.39 is 0 Å². The molecule has 0 aliphatic carbocycles. The fourth-order valence-corrected chi connectivity index (χ4v) is 2.70. The number of aryl methyl sites for hydroxylation is 1. The third-order valence-electron chi connectivity index (χ3n) is 3.08. The van der Waals surface area contributed by atoms with Gasteiger partial charge in [-0.2, -0.15) is 0 Å². The lowest BCUT2D eigenvalue weighted by Gasteiger charge is -2.11. The Balaban J connectivity index is 1.94. The molecule has 0 saturated carbocycles. The van der Waals surface area contributed by atoms with E-state index in [-0.39, 0.29) is 5.91 Å². The highest BCUT2D eigenvalue weighted by Crippen LogP contribution is 2.18. The number of benzene rings is 1. The molecule has 2 rings (SSSR count). The quantitative estimate of drug-likeness (QED) is 0.897. The number of carbonyl (C=O) groups excluding carboxylic acids is 1. The van der Waals surface area contributed by atoms with Crippen molar-refractivity contribution < 1.29 is 4.79 Å². The Hall–Kier alpha value is -0.870. The van der Waals surface area contributed by atoms with E-state index in [0.717, 1.165) is 36.1 Å². The summed E-state index contributed by atoms with van der Waals surface area (Å²) >= 11 is 3.43. The molecule has 1 aliphatic rings. The van der Waals surface area contributed by atoms with E-state index in [4.69, 9.17) is 0 Å². The molecule has 3 nitrogen and oxygen atoms in total.